The number of aliphatic hydroxyl groups excluding tert-OH is 1. The number of amides is 1. The number of benzene rings is 1. The highest BCUT2D eigenvalue weighted by molar-refractivity contribution is 6.10. The SMILES string of the molecule is O=C(c1cccnc1NCC(O)C1CC1)N1CCc2ccccc21. The summed E-state index contributed by atoms with van der Waals surface area (Å²) in [7, 11) is 0. The molecule has 2 aromatic rings. The fourth-order valence-corrected chi connectivity index (χ4v) is 3.26. The summed E-state index contributed by atoms with van der Waals surface area (Å²) in [5.41, 5.74) is 2.74. The summed E-state index contributed by atoms with van der Waals surface area (Å²) in [6.07, 6.45) is 4.34. The van der Waals surface area contributed by atoms with E-state index >= 15 is 0 Å². The Kier molecular flexibility index (Phi) is 3.94. The monoisotopic (exact) mass is 323 g/mol. The molecular weight excluding hydrogens is 302 g/mol. The molecule has 24 heavy (non-hydrogen) atoms. The molecule has 124 valence electrons. The molecule has 0 bridgehead atoms. The third kappa shape index (κ3) is 2.87. The van der Waals surface area contributed by atoms with Gasteiger partial charge in [0.05, 0.1) is 11.7 Å². The molecule has 1 amide bonds. The van der Waals surface area contributed by atoms with E-state index in [0.717, 1.165) is 24.9 Å². The number of aliphatic hydroxyl groups is 1. The van der Waals surface area contributed by atoms with E-state index < -0.39 is 0 Å². The zero-order valence-corrected chi connectivity index (χ0v) is 13.5. The minimum Gasteiger partial charge on any atom is -0.391 e. The van der Waals surface area contributed by atoms with Crippen molar-refractivity contribution in [2.45, 2.75) is 25.4 Å². The Morgan fingerprint density at radius 1 is 1.29 bits per heavy atom. The van der Waals surface area contributed by atoms with Gasteiger partial charge in [0.15, 0.2) is 0 Å². The molecule has 5 nitrogen and oxygen atoms in total. The number of rotatable bonds is 5. The van der Waals surface area contributed by atoms with E-state index in [1.807, 2.05) is 23.1 Å². The van der Waals surface area contributed by atoms with Crippen LogP contribution >= 0.6 is 0 Å². The highest BCUT2D eigenvalue weighted by atomic mass is 16.3. The van der Waals surface area contributed by atoms with Crippen LogP contribution in [0, 0.1) is 5.92 Å². The third-order valence-corrected chi connectivity index (χ3v) is 4.82. The summed E-state index contributed by atoms with van der Waals surface area (Å²) in [5, 5.41) is 13.2. The predicted molar refractivity (Wildman–Crippen MR) is 93.3 cm³/mol. The van der Waals surface area contributed by atoms with Crippen LogP contribution in [0.2, 0.25) is 0 Å². The first-order valence-corrected chi connectivity index (χ1v) is 8.51. The molecule has 5 heteroatoms. The van der Waals surface area contributed by atoms with Crippen LogP contribution in [0.1, 0.15) is 28.8 Å². The van der Waals surface area contributed by atoms with E-state index in [2.05, 4.69) is 16.4 Å². The van der Waals surface area contributed by atoms with Gasteiger partial charge in [-0.1, -0.05) is 18.2 Å². The van der Waals surface area contributed by atoms with Crippen molar-refractivity contribution in [1.82, 2.24) is 4.98 Å². The van der Waals surface area contributed by atoms with Gasteiger partial charge in [-0.2, -0.15) is 0 Å². The topological polar surface area (TPSA) is 65.5 Å². The second-order valence-corrected chi connectivity index (χ2v) is 6.52. The number of para-hydroxylation sites is 1. The molecule has 1 aliphatic heterocycles. The molecule has 0 saturated heterocycles. The molecule has 0 spiro atoms. The molecule has 0 radical (unpaired) electrons. The molecule has 1 unspecified atom stereocenters. The van der Waals surface area contributed by atoms with E-state index in [1.165, 1.54) is 5.56 Å². The van der Waals surface area contributed by atoms with Crippen LogP contribution in [-0.4, -0.2) is 35.2 Å². The van der Waals surface area contributed by atoms with Crippen LogP contribution in [0.3, 0.4) is 0 Å². The summed E-state index contributed by atoms with van der Waals surface area (Å²) in [5.74, 6) is 0.897. The number of aromatic nitrogens is 1. The van der Waals surface area contributed by atoms with Crippen molar-refractivity contribution in [2.75, 3.05) is 23.3 Å². The lowest BCUT2D eigenvalue weighted by Gasteiger charge is -2.20. The Morgan fingerprint density at radius 3 is 2.96 bits per heavy atom. The number of hydrogen-bond donors (Lipinski definition) is 2. The van der Waals surface area contributed by atoms with Crippen molar-refractivity contribution in [3.63, 3.8) is 0 Å². The molecule has 1 saturated carbocycles. The van der Waals surface area contributed by atoms with Gasteiger partial charge < -0.3 is 15.3 Å². The Labute approximate surface area is 141 Å². The van der Waals surface area contributed by atoms with Gasteiger partial charge in [0, 0.05) is 25.0 Å². The van der Waals surface area contributed by atoms with Crippen molar-refractivity contribution < 1.29 is 9.90 Å². The average Bonchev–Trinajstić information content (AvgIpc) is 3.39. The van der Waals surface area contributed by atoms with Crippen molar-refractivity contribution in [2.24, 2.45) is 5.92 Å². The smallest absolute Gasteiger partial charge is 0.262 e. The maximum Gasteiger partial charge on any atom is 0.262 e. The lowest BCUT2D eigenvalue weighted by atomic mass is 10.1. The quantitative estimate of drug-likeness (QED) is 0.887. The van der Waals surface area contributed by atoms with Gasteiger partial charge in [-0.05, 0) is 48.9 Å². The van der Waals surface area contributed by atoms with Gasteiger partial charge in [-0.25, -0.2) is 4.98 Å². The van der Waals surface area contributed by atoms with Gasteiger partial charge >= 0.3 is 0 Å². The number of pyridine rings is 1. The van der Waals surface area contributed by atoms with Crippen LogP contribution in [-0.2, 0) is 6.42 Å². The van der Waals surface area contributed by atoms with E-state index in [-0.39, 0.29) is 12.0 Å². The summed E-state index contributed by atoms with van der Waals surface area (Å²) in [6, 6.07) is 11.6. The first kappa shape index (κ1) is 15.1. The Balaban J connectivity index is 1.54. The number of hydrogen-bond acceptors (Lipinski definition) is 4. The Hall–Kier alpha value is -2.40. The first-order chi connectivity index (χ1) is 11.7. The highest BCUT2D eigenvalue weighted by Gasteiger charge is 2.30. The molecular formula is C19H21N3O2. The molecule has 2 heterocycles. The van der Waals surface area contributed by atoms with Gasteiger partial charge in [0.2, 0.25) is 0 Å². The molecule has 1 aliphatic carbocycles. The van der Waals surface area contributed by atoms with Crippen LogP contribution in [0.25, 0.3) is 0 Å². The van der Waals surface area contributed by atoms with Crippen molar-refractivity contribution in [3.8, 4) is 0 Å². The number of nitrogens with zero attached hydrogens (tertiary/aromatic N) is 2. The maximum absolute atomic E-state index is 13.0. The van der Waals surface area contributed by atoms with Crippen molar-refractivity contribution >= 4 is 17.4 Å². The summed E-state index contributed by atoms with van der Waals surface area (Å²) in [4.78, 5) is 19.1. The molecule has 2 N–H and O–H groups in total. The van der Waals surface area contributed by atoms with Crippen LogP contribution in [0.15, 0.2) is 42.6 Å². The number of carbonyl (C=O) groups is 1. The molecule has 1 aromatic carbocycles. The van der Waals surface area contributed by atoms with Crippen LogP contribution in [0.5, 0.6) is 0 Å². The zero-order chi connectivity index (χ0) is 16.5. The van der Waals surface area contributed by atoms with Gasteiger partial charge in [0.1, 0.15) is 5.82 Å². The van der Waals surface area contributed by atoms with E-state index in [0.29, 0.717) is 30.4 Å². The number of fused-ring (bicyclic) bond motifs is 1. The standard InChI is InChI=1S/C19H21N3O2/c23-17(14-7-8-14)12-21-18-15(5-3-10-20-18)19(24)22-11-9-13-4-1-2-6-16(13)22/h1-6,10,14,17,23H,7-9,11-12H2,(H,20,21). The van der Waals surface area contributed by atoms with Gasteiger partial charge in [0.25, 0.3) is 5.91 Å². The van der Waals surface area contributed by atoms with Crippen LogP contribution < -0.4 is 10.2 Å². The van der Waals surface area contributed by atoms with Crippen LogP contribution in [0.4, 0.5) is 11.5 Å². The molecule has 1 atom stereocenters. The molecule has 4 rings (SSSR count). The summed E-state index contributed by atoms with van der Waals surface area (Å²) in [6.45, 7) is 1.12. The zero-order valence-electron chi connectivity index (χ0n) is 13.5. The minimum absolute atomic E-state index is 0.0449. The lowest BCUT2D eigenvalue weighted by molar-refractivity contribution is 0.0989. The predicted octanol–water partition coefficient (Wildman–Crippen LogP) is 2.47. The summed E-state index contributed by atoms with van der Waals surface area (Å²) < 4.78 is 0. The van der Waals surface area contributed by atoms with Gasteiger partial charge in [-0.15, -0.1) is 0 Å². The Bertz CT molecular complexity index is 758. The van der Waals surface area contributed by atoms with Gasteiger partial charge in [-0.3, -0.25) is 4.79 Å². The summed E-state index contributed by atoms with van der Waals surface area (Å²) >= 11 is 0. The second-order valence-electron chi connectivity index (χ2n) is 6.52. The third-order valence-electron chi connectivity index (χ3n) is 4.82. The molecule has 1 aromatic heterocycles. The maximum atomic E-state index is 13.0. The van der Waals surface area contributed by atoms with E-state index in [4.69, 9.17) is 0 Å². The lowest BCUT2D eigenvalue weighted by Crippen LogP contribution is -2.30. The highest BCUT2D eigenvalue weighted by Crippen LogP contribution is 2.33. The number of carbonyl (C=O) groups excluding carboxylic acids is 1. The minimum atomic E-state index is -0.373. The molecule has 1 fully saturated rings. The number of anilines is 2. The second kappa shape index (κ2) is 6.24. The average molecular weight is 323 g/mol. The normalized spacial score (nSPS) is 17.5. The number of nitrogens with one attached hydrogen (secondary N) is 1. The van der Waals surface area contributed by atoms with E-state index in [1.54, 1.807) is 18.3 Å². The van der Waals surface area contributed by atoms with Crippen molar-refractivity contribution in [1.29, 1.82) is 0 Å². The fraction of sp³-hybridized carbons (Fsp3) is 0.368. The largest absolute Gasteiger partial charge is 0.391 e. The van der Waals surface area contributed by atoms with Crippen molar-refractivity contribution in [3.05, 3.63) is 53.7 Å². The fourth-order valence-electron chi connectivity index (χ4n) is 3.26. The first-order valence-electron chi connectivity index (χ1n) is 8.51. The van der Waals surface area contributed by atoms with E-state index in [9.17, 15) is 9.90 Å². The Morgan fingerprint density at radius 2 is 2.12 bits per heavy atom. The molecule has 2 aliphatic rings.